The zero-order valence-corrected chi connectivity index (χ0v) is 36.3. The van der Waals surface area contributed by atoms with Crippen molar-refractivity contribution >= 4 is 35.9 Å². The number of aliphatic hydroxyl groups is 6. The highest BCUT2D eigenvalue weighted by Gasteiger charge is 2.56. The first-order chi connectivity index (χ1) is 31.3. The Morgan fingerprint density at radius 1 is 0.621 bits per heavy atom. The Hall–Kier alpha value is -5.15. The van der Waals surface area contributed by atoms with Crippen LogP contribution in [0.4, 0.5) is 0 Å². The number of ether oxygens (including phenoxy) is 11. The second kappa shape index (κ2) is 23.5. The summed E-state index contributed by atoms with van der Waals surface area (Å²) in [6.45, 7) is 3.94. The third kappa shape index (κ3) is 13.7. The van der Waals surface area contributed by atoms with E-state index in [0.29, 0.717) is 11.1 Å². The molecule has 23 heteroatoms. The number of carbonyl (C=O) groups excluding carboxylic acids is 5. The number of rotatable bonds is 17. The number of benzene rings is 2. The predicted molar refractivity (Wildman–Crippen MR) is 216 cm³/mol. The molecule has 3 heterocycles. The summed E-state index contributed by atoms with van der Waals surface area (Å²) in [5.74, 6) is -4.47. The van der Waals surface area contributed by atoms with Crippen molar-refractivity contribution < 1.29 is 112 Å². The molecule has 15 atom stereocenters. The van der Waals surface area contributed by atoms with Crippen molar-refractivity contribution in [1.29, 1.82) is 0 Å². The summed E-state index contributed by atoms with van der Waals surface area (Å²) in [5, 5.41) is 72.8. The van der Waals surface area contributed by atoms with Crippen molar-refractivity contribution in [3.63, 3.8) is 0 Å². The van der Waals surface area contributed by atoms with Crippen molar-refractivity contribution in [3.05, 3.63) is 59.7 Å². The molecular weight excluding hydrogens is 884 g/mol. The van der Waals surface area contributed by atoms with E-state index in [4.69, 9.17) is 52.1 Å². The van der Waals surface area contributed by atoms with Gasteiger partial charge in [0.25, 0.3) is 0 Å². The number of aromatic hydroxyl groups is 1. The first kappa shape index (κ1) is 51.8. The van der Waals surface area contributed by atoms with E-state index >= 15 is 0 Å². The van der Waals surface area contributed by atoms with Gasteiger partial charge in [0.05, 0.1) is 25.9 Å². The lowest BCUT2D eigenvalue weighted by Gasteiger charge is -2.48. The summed E-state index contributed by atoms with van der Waals surface area (Å²) in [7, 11) is 0. The molecule has 5 rings (SSSR count). The van der Waals surface area contributed by atoms with Crippen LogP contribution < -0.4 is 9.47 Å². The summed E-state index contributed by atoms with van der Waals surface area (Å²) in [6.07, 6.45) is -22.8. The van der Waals surface area contributed by atoms with Crippen LogP contribution in [0.2, 0.25) is 0 Å². The molecule has 23 nitrogen and oxygen atoms in total. The zero-order valence-electron chi connectivity index (χ0n) is 36.3. The van der Waals surface area contributed by atoms with Crippen LogP contribution in [0.1, 0.15) is 45.7 Å². The van der Waals surface area contributed by atoms with E-state index in [1.165, 1.54) is 49.4 Å². The van der Waals surface area contributed by atoms with E-state index in [9.17, 15) is 59.7 Å². The van der Waals surface area contributed by atoms with Crippen molar-refractivity contribution in [1.82, 2.24) is 0 Å². The quantitative estimate of drug-likeness (QED) is 0.0419. The Morgan fingerprint density at radius 2 is 1.26 bits per heavy atom. The molecule has 7 N–H and O–H groups in total. The standard InChI is InChI=1S/C43H54O23/c1-19-32(51)35(54)38(61-22(4)47)43(58-19)66-39-37(65-31(50)13-9-24-6-10-26(49)11-7-24)30(18-57-41-36(55)34(53)33(52)29(17-44)63-41)64-42(40(39)62-23(5)48)56-15-14-25-8-12-27(59-20(2)45)28(16-25)60-21(3)46/h6-13,16,19,29-30,32-44,49,51-55H,14-15,17-18H2,1-5H3. The molecule has 0 aliphatic carbocycles. The molecule has 3 aliphatic heterocycles. The van der Waals surface area contributed by atoms with Gasteiger partial charge in [-0.2, -0.15) is 0 Å². The van der Waals surface area contributed by atoms with E-state index in [1.807, 2.05) is 0 Å². The van der Waals surface area contributed by atoms with Gasteiger partial charge >= 0.3 is 29.8 Å². The summed E-state index contributed by atoms with van der Waals surface area (Å²) in [6, 6.07) is 10.1. The fourth-order valence-electron chi connectivity index (χ4n) is 7.14. The molecule has 0 amide bonds. The monoisotopic (exact) mass is 938 g/mol. The zero-order chi connectivity index (χ0) is 48.4. The molecule has 364 valence electrons. The third-order valence-corrected chi connectivity index (χ3v) is 10.3. The maximum atomic E-state index is 13.7. The fraction of sp³-hybridized carbons (Fsp3) is 0.558. The first-order valence-corrected chi connectivity index (χ1v) is 20.6. The second-order valence-corrected chi connectivity index (χ2v) is 15.4. The molecular formula is C43H54O23. The van der Waals surface area contributed by atoms with Crippen LogP contribution in [0.25, 0.3) is 6.08 Å². The highest BCUT2D eigenvalue weighted by atomic mass is 16.8. The molecule has 3 saturated heterocycles. The van der Waals surface area contributed by atoms with E-state index < -0.39 is 135 Å². The lowest BCUT2D eigenvalue weighted by molar-refractivity contribution is -0.364. The number of aliphatic hydroxyl groups excluding tert-OH is 6. The topological polar surface area (TPSA) is 328 Å². The molecule has 0 bridgehead atoms. The molecule has 2 aromatic rings. The summed E-state index contributed by atoms with van der Waals surface area (Å²) in [4.78, 5) is 62.3. The maximum Gasteiger partial charge on any atom is 0.331 e. The average Bonchev–Trinajstić information content (AvgIpc) is 3.25. The van der Waals surface area contributed by atoms with Gasteiger partial charge in [-0.25, -0.2) is 4.79 Å². The number of phenols is 1. The lowest BCUT2D eigenvalue weighted by atomic mass is 9.96. The maximum absolute atomic E-state index is 13.7. The number of phenolic OH excluding ortho intramolecular Hbond substituents is 1. The van der Waals surface area contributed by atoms with Gasteiger partial charge in [-0.15, -0.1) is 0 Å². The molecule has 2 aromatic carbocycles. The first-order valence-electron chi connectivity index (χ1n) is 20.6. The van der Waals surface area contributed by atoms with Crippen molar-refractivity contribution in [2.45, 2.75) is 133 Å². The summed E-state index contributed by atoms with van der Waals surface area (Å²) < 4.78 is 63.4. The van der Waals surface area contributed by atoms with Gasteiger partial charge in [0.2, 0.25) is 0 Å². The van der Waals surface area contributed by atoms with Crippen LogP contribution in [0.5, 0.6) is 17.2 Å². The summed E-state index contributed by atoms with van der Waals surface area (Å²) in [5.41, 5.74) is 0.930. The highest BCUT2D eigenvalue weighted by molar-refractivity contribution is 5.87. The largest absolute Gasteiger partial charge is 0.508 e. The minimum Gasteiger partial charge on any atom is -0.508 e. The minimum absolute atomic E-state index is 0.0289. The van der Waals surface area contributed by atoms with Crippen molar-refractivity contribution in [3.8, 4) is 17.2 Å². The van der Waals surface area contributed by atoms with E-state index in [2.05, 4.69) is 0 Å². The van der Waals surface area contributed by atoms with Gasteiger partial charge in [-0.3, -0.25) is 19.2 Å². The summed E-state index contributed by atoms with van der Waals surface area (Å²) >= 11 is 0. The van der Waals surface area contributed by atoms with E-state index in [-0.39, 0.29) is 30.3 Å². The van der Waals surface area contributed by atoms with Gasteiger partial charge in [0.15, 0.2) is 48.7 Å². The molecule has 66 heavy (non-hydrogen) atoms. The molecule has 0 saturated carbocycles. The van der Waals surface area contributed by atoms with Crippen LogP contribution in [0.15, 0.2) is 48.5 Å². The van der Waals surface area contributed by atoms with Crippen LogP contribution in [-0.2, 0) is 73.0 Å². The molecule has 0 spiro atoms. The Bertz CT molecular complexity index is 2010. The second-order valence-electron chi connectivity index (χ2n) is 15.4. The molecule has 3 aliphatic rings. The molecule has 0 radical (unpaired) electrons. The Balaban J connectivity index is 1.54. The SMILES string of the molecule is CC(=O)Oc1ccc(CCOC2OC(COC3OC(CO)C(O)C(O)C3O)C(OC(=O)C=Cc3ccc(O)cc3)C(OC3OC(C)C(O)C(O)C3OC(C)=O)C2OC(C)=O)cc1OC(C)=O. The third-order valence-electron chi connectivity index (χ3n) is 10.3. The Kier molecular flexibility index (Phi) is 18.5. The van der Waals surface area contributed by atoms with Gasteiger partial charge in [-0.1, -0.05) is 18.2 Å². The van der Waals surface area contributed by atoms with Crippen LogP contribution in [-0.4, -0.2) is 178 Å². The molecule has 0 aromatic heterocycles. The highest BCUT2D eigenvalue weighted by Crippen LogP contribution is 2.35. The van der Waals surface area contributed by atoms with Gasteiger partial charge in [0.1, 0.15) is 54.6 Å². The van der Waals surface area contributed by atoms with Crippen LogP contribution in [0, 0.1) is 0 Å². The minimum atomic E-state index is -1.90. The smallest absolute Gasteiger partial charge is 0.331 e. The number of hydrogen-bond donors (Lipinski definition) is 7. The normalized spacial score (nSPS) is 32.3. The number of carbonyl (C=O) groups is 5. The van der Waals surface area contributed by atoms with Crippen LogP contribution in [0.3, 0.4) is 0 Å². The average molecular weight is 939 g/mol. The Labute approximate surface area is 377 Å². The van der Waals surface area contributed by atoms with Crippen molar-refractivity contribution in [2.24, 2.45) is 0 Å². The van der Waals surface area contributed by atoms with Gasteiger partial charge < -0.3 is 87.9 Å². The molecule has 3 fully saturated rings. The van der Waals surface area contributed by atoms with E-state index in [1.54, 1.807) is 6.07 Å². The predicted octanol–water partition coefficient (Wildman–Crippen LogP) is -1.32. The van der Waals surface area contributed by atoms with Crippen LogP contribution >= 0.6 is 0 Å². The van der Waals surface area contributed by atoms with Gasteiger partial charge in [-0.05, 0) is 54.8 Å². The van der Waals surface area contributed by atoms with E-state index in [0.717, 1.165) is 33.8 Å². The lowest BCUT2D eigenvalue weighted by Crippen LogP contribution is -2.66. The molecule has 15 unspecified atom stereocenters. The fourth-order valence-corrected chi connectivity index (χ4v) is 7.14. The number of hydrogen-bond acceptors (Lipinski definition) is 23. The Morgan fingerprint density at radius 3 is 1.89 bits per heavy atom. The van der Waals surface area contributed by atoms with Crippen molar-refractivity contribution in [2.75, 3.05) is 19.8 Å². The number of esters is 5. The van der Waals surface area contributed by atoms with Gasteiger partial charge in [0, 0.05) is 33.8 Å².